The first kappa shape index (κ1) is 14.5. The number of aliphatic hydroxyl groups is 1. The van der Waals surface area contributed by atoms with Gasteiger partial charge >= 0.3 is 0 Å². The fourth-order valence-electron chi connectivity index (χ4n) is 2.97. The summed E-state index contributed by atoms with van der Waals surface area (Å²) in [5, 5.41) is 22.0. The fraction of sp³-hybridized carbons (Fsp3) is 0.467. The van der Waals surface area contributed by atoms with Crippen molar-refractivity contribution in [3.8, 4) is 0 Å². The van der Waals surface area contributed by atoms with E-state index < -0.39 is 5.60 Å². The van der Waals surface area contributed by atoms with E-state index in [1.54, 1.807) is 6.20 Å². The van der Waals surface area contributed by atoms with Crippen LogP contribution in [0.5, 0.6) is 0 Å². The van der Waals surface area contributed by atoms with Crippen molar-refractivity contribution in [3.05, 3.63) is 46.2 Å². The summed E-state index contributed by atoms with van der Waals surface area (Å²) in [6.07, 6.45) is 3.27. The first-order chi connectivity index (χ1) is 10.1. The summed E-state index contributed by atoms with van der Waals surface area (Å²) in [7, 11) is 0. The smallest absolute Gasteiger partial charge is 0.123 e. The lowest BCUT2D eigenvalue weighted by Gasteiger charge is -2.38. The molecule has 0 radical (unpaired) electrons. The number of β-amino-alcohol motifs (C(OH)–C–C–N with tert-alkyl or cyclic N) is 1. The number of likely N-dealkylation sites (tertiary alicyclic amines) is 1. The van der Waals surface area contributed by atoms with E-state index in [0.717, 1.165) is 31.0 Å². The van der Waals surface area contributed by atoms with E-state index in [4.69, 9.17) is 11.6 Å². The third-order valence-electron chi connectivity index (χ3n) is 4.14. The highest BCUT2D eigenvalue weighted by Gasteiger charge is 2.37. The van der Waals surface area contributed by atoms with Gasteiger partial charge in [-0.05, 0) is 49.6 Å². The van der Waals surface area contributed by atoms with Crippen molar-refractivity contribution in [2.45, 2.75) is 31.9 Å². The minimum Gasteiger partial charge on any atom is -0.382 e. The van der Waals surface area contributed by atoms with Gasteiger partial charge in [-0.2, -0.15) is 15.4 Å². The Morgan fingerprint density at radius 1 is 1.48 bits per heavy atom. The van der Waals surface area contributed by atoms with Gasteiger partial charge < -0.3 is 5.11 Å². The number of nitrogens with zero attached hydrogens (tertiary/aromatic N) is 3. The topological polar surface area (TPSA) is 65.0 Å². The number of aromatic amines is 1. The molecule has 1 fully saturated rings. The number of aromatic nitrogens is 3. The van der Waals surface area contributed by atoms with Crippen LogP contribution < -0.4 is 0 Å². The molecule has 3 rings (SSSR count). The van der Waals surface area contributed by atoms with Crippen LogP contribution in [-0.4, -0.2) is 38.5 Å². The van der Waals surface area contributed by atoms with Gasteiger partial charge in [0.25, 0.3) is 0 Å². The van der Waals surface area contributed by atoms with Crippen LogP contribution in [0.25, 0.3) is 0 Å². The fourth-order valence-corrected chi connectivity index (χ4v) is 3.20. The van der Waals surface area contributed by atoms with E-state index in [-0.39, 0.29) is 0 Å². The molecule has 1 aromatic carbocycles. The number of halogens is 1. The second-order valence-electron chi connectivity index (χ2n) is 5.77. The molecule has 1 aliphatic heterocycles. The Labute approximate surface area is 128 Å². The Balaban J connectivity index is 1.74. The molecular formula is C15H19ClN4O. The van der Waals surface area contributed by atoms with Crippen molar-refractivity contribution in [2.24, 2.45) is 0 Å². The van der Waals surface area contributed by atoms with Gasteiger partial charge in [-0.1, -0.05) is 17.7 Å². The Morgan fingerprint density at radius 2 is 2.33 bits per heavy atom. The van der Waals surface area contributed by atoms with Gasteiger partial charge in [0.1, 0.15) is 11.3 Å². The van der Waals surface area contributed by atoms with Crippen LogP contribution >= 0.6 is 11.6 Å². The first-order valence-electron chi connectivity index (χ1n) is 7.13. The van der Waals surface area contributed by atoms with Gasteiger partial charge in [0.05, 0.1) is 6.20 Å². The quantitative estimate of drug-likeness (QED) is 0.913. The molecule has 0 amide bonds. The van der Waals surface area contributed by atoms with Gasteiger partial charge in [-0.3, -0.25) is 4.90 Å². The van der Waals surface area contributed by atoms with Crippen LogP contribution in [-0.2, 0) is 12.1 Å². The Morgan fingerprint density at radius 3 is 3.05 bits per heavy atom. The Kier molecular flexibility index (Phi) is 3.97. The van der Waals surface area contributed by atoms with Gasteiger partial charge in [0, 0.05) is 18.1 Å². The number of H-pyrrole nitrogens is 1. The van der Waals surface area contributed by atoms with Crippen LogP contribution in [0.15, 0.2) is 24.4 Å². The molecule has 0 aliphatic carbocycles. The summed E-state index contributed by atoms with van der Waals surface area (Å²) >= 11 is 6.00. The molecule has 0 saturated carbocycles. The molecule has 112 valence electrons. The molecule has 1 saturated heterocycles. The minimum absolute atomic E-state index is 0.571. The molecule has 0 bridgehead atoms. The first-order valence-corrected chi connectivity index (χ1v) is 7.51. The van der Waals surface area contributed by atoms with E-state index in [2.05, 4.69) is 33.3 Å². The van der Waals surface area contributed by atoms with E-state index in [9.17, 15) is 5.11 Å². The van der Waals surface area contributed by atoms with Crippen molar-refractivity contribution in [1.29, 1.82) is 0 Å². The molecule has 5 nitrogen and oxygen atoms in total. The zero-order chi connectivity index (χ0) is 14.9. The molecule has 1 unspecified atom stereocenters. The van der Waals surface area contributed by atoms with Crippen molar-refractivity contribution < 1.29 is 5.11 Å². The molecule has 2 N–H and O–H groups in total. The van der Waals surface area contributed by atoms with E-state index >= 15 is 0 Å². The Bertz CT molecular complexity index is 616. The maximum atomic E-state index is 10.8. The van der Waals surface area contributed by atoms with E-state index in [1.807, 2.05) is 12.1 Å². The number of hydrogen-bond acceptors (Lipinski definition) is 4. The van der Waals surface area contributed by atoms with Gasteiger partial charge in [-0.25, -0.2) is 0 Å². The number of benzene rings is 1. The summed E-state index contributed by atoms with van der Waals surface area (Å²) < 4.78 is 0. The largest absolute Gasteiger partial charge is 0.382 e. The maximum Gasteiger partial charge on any atom is 0.123 e. The molecular weight excluding hydrogens is 288 g/mol. The lowest BCUT2D eigenvalue weighted by Crippen LogP contribution is -2.46. The summed E-state index contributed by atoms with van der Waals surface area (Å²) in [6.45, 7) is 4.42. The molecule has 1 aromatic heterocycles. The van der Waals surface area contributed by atoms with Crippen LogP contribution in [0.3, 0.4) is 0 Å². The molecule has 6 heteroatoms. The summed E-state index contributed by atoms with van der Waals surface area (Å²) in [4.78, 5) is 2.26. The number of nitrogens with one attached hydrogen (secondary N) is 1. The number of aryl methyl sites for hydroxylation is 1. The molecule has 2 aromatic rings. The van der Waals surface area contributed by atoms with Crippen molar-refractivity contribution in [2.75, 3.05) is 13.1 Å². The van der Waals surface area contributed by atoms with Crippen molar-refractivity contribution >= 4 is 11.6 Å². The van der Waals surface area contributed by atoms with Crippen LogP contribution in [0.1, 0.15) is 29.7 Å². The van der Waals surface area contributed by atoms with Gasteiger partial charge in [0.15, 0.2) is 0 Å². The van der Waals surface area contributed by atoms with E-state index in [0.29, 0.717) is 12.2 Å². The predicted octanol–water partition coefficient (Wildman–Crippen LogP) is 2.25. The molecule has 1 aliphatic rings. The monoisotopic (exact) mass is 306 g/mol. The Hall–Kier alpha value is -1.43. The normalized spacial score (nSPS) is 23.4. The average molecular weight is 307 g/mol. The SMILES string of the molecule is Cc1cc(Cl)ccc1CN1CCCC(O)(c2cn[nH]n2)C1. The van der Waals surface area contributed by atoms with Gasteiger partial charge in [0.2, 0.25) is 0 Å². The number of hydrogen-bond donors (Lipinski definition) is 2. The minimum atomic E-state index is -0.911. The highest BCUT2D eigenvalue weighted by molar-refractivity contribution is 6.30. The maximum absolute atomic E-state index is 10.8. The highest BCUT2D eigenvalue weighted by Crippen LogP contribution is 2.30. The molecule has 2 heterocycles. The summed E-state index contributed by atoms with van der Waals surface area (Å²) in [5.74, 6) is 0. The number of rotatable bonds is 3. The third-order valence-corrected chi connectivity index (χ3v) is 4.38. The third kappa shape index (κ3) is 3.10. The molecule has 0 spiro atoms. The van der Waals surface area contributed by atoms with Crippen LogP contribution in [0, 0.1) is 6.92 Å². The molecule has 1 atom stereocenters. The second kappa shape index (κ2) is 5.75. The zero-order valence-corrected chi connectivity index (χ0v) is 12.8. The molecule has 21 heavy (non-hydrogen) atoms. The average Bonchev–Trinajstić information content (AvgIpc) is 2.97. The lowest BCUT2D eigenvalue weighted by atomic mass is 9.89. The van der Waals surface area contributed by atoms with Crippen molar-refractivity contribution in [1.82, 2.24) is 20.3 Å². The van der Waals surface area contributed by atoms with E-state index in [1.165, 1.54) is 11.1 Å². The van der Waals surface area contributed by atoms with Crippen LogP contribution in [0.2, 0.25) is 5.02 Å². The lowest BCUT2D eigenvalue weighted by molar-refractivity contribution is -0.0414. The number of piperidine rings is 1. The highest BCUT2D eigenvalue weighted by atomic mass is 35.5. The van der Waals surface area contributed by atoms with Gasteiger partial charge in [-0.15, -0.1) is 0 Å². The predicted molar refractivity (Wildman–Crippen MR) is 81.0 cm³/mol. The summed E-state index contributed by atoms with van der Waals surface area (Å²) in [5.41, 5.74) is 2.13. The second-order valence-corrected chi connectivity index (χ2v) is 6.21. The summed E-state index contributed by atoms with van der Waals surface area (Å²) in [6, 6.07) is 5.95. The van der Waals surface area contributed by atoms with Crippen LogP contribution in [0.4, 0.5) is 0 Å². The zero-order valence-electron chi connectivity index (χ0n) is 12.0. The standard InChI is InChI=1S/C15H19ClN4O/c1-11-7-13(16)4-3-12(11)9-20-6-2-5-15(21,10-20)14-8-17-19-18-14/h3-4,7-8,21H,2,5-6,9-10H2,1H3,(H,17,18,19). The van der Waals surface area contributed by atoms with Crippen molar-refractivity contribution in [3.63, 3.8) is 0 Å².